The average molecular weight is 1030 g/mol. The molecule has 0 aliphatic rings. The molecule has 15 aromatic rings. The molecule has 0 atom stereocenters. The topological polar surface area (TPSA) is 38.9 Å². The third kappa shape index (κ3) is 8.71. The van der Waals surface area contributed by atoms with Gasteiger partial charge in [-0.05, 0) is 182 Å². The zero-order valence-corrected chi connectivity index (χ0v) is 44.2. The van der Waals surface area contributed by atoms with E-state index in [-0.39, 0.29) is 0 Å². The van der Waals surface area contributed by atoms with Crippen molar-refractivity contribution < 1.29 is 0 Å². The van der Waals surface area contributed by atoms with Gasteiger partial charge in [-0.15, -0.1) is 0 Å². The maximum absolute atomic E-state index is 4.32. The molecule has 0 aliphatic heterocycles. The standard InChI is InChI=1S/C76H51N5/c1-5-13-52(14-6-1)60-25-33-73-69(45-60)70-46-61(53-15-7-2-8-16-53)26-34-74(70)80(73)67-49-66(79(64-29-21-56(22-30-64)58-37-41-77-42-38-58)65-31-23-57(24-32-65)59-39-43-78-44-40-59)50-68(51-67)81-75-35-27-62(54-17-9-3-10-18-54)47-71(75)72-48-63(28-36-76(72)81)55-19-11-4-12-20-55/h1-51H. The van der Waals surface area contributed by atoms with E-state index in [0.717, 1.165) is 72.8 Å². The minimum atomic E-state index is 1.00. The summed E-state index contributed by atoms with van der Waals surface area (Å²) in [6.45, 7) is 0. The predicted molar refractivity (Wildman–Crippen MR) is 338 cm³/mol. The van der Waals surface area contributed by atoms with Gasteiger partial charge in [-0.1, -0.05) is 170 Å². The Morgan fingerprint density at radius 2 is 0.469 bits per heavy atom. The van der Waals surface area contributed by atoms with Gasteiger partial charge >= 0.3 is 0 Å². The molecular formula is C76H51N5. The maximum atomic E-state index is 4.32. The van der Waals surface area contributed by atoms with E-state index in [2.05, 4.69) is 309 Å². The fourth-order valence-electron chi connectivity index (χ4n) is 12.0. The highest BCUT2D eigenvalue weighted by atomic mass is 15.1. The molecule has 0 spiro atoms. The molecule has 380 valence electrons. The van der Waals surface area contributed by atoms with Crippen molar-refractivity contribution >= 4 is 60.7 Å². The van der Waals surface area contributed by atoms with Crippen LogP contribution in [-0.4, -0.2) is 19.1 Å². The summed E-state index contributed by atoms with van der Waals surface area (Å²) in [5.74, 6) is 0. The van der Waals surface area contributed by atoms with Gasteiger partial charge in [-0.3, -0.25) is 9.97 Å². The molecule has 5 heteroatoms. The van der Waals surface area contributed by atoms with Crippen molar-refractivity contribution in [1.82, 2.24) is 19.1 Å². The van der Waals surface area contributed by atoms with Crippen LogP contribution in [0.4, 0.5) is 17.1 Å². The highest BCUT2D eigenvalue weighted by Gasteiger charge is 2.23. The first-order chi connectivity index (χ1) is 40.1. The van der Waals surface area contributed by atoms with Crippen LogP contribution in [0.15, 0.2) is 310 Å². The van der Waals surface area contributed by atoms with Crippen LogP contribution in [0.25, 0.3) is 122 Å². The SMILES string of the molecule is c1ccc(-c2ccc3c(c2)c2cc(-c4ccccc4)ccc2n3-c2cc(N(c3ccc(-c4ccncc4)cc3)c3ccc(-c4ccncc4)cc3)cc(-n3c4ccc(-c5ccccc5)cc4c4cc(-c5ccccc5)ccc43)c2)cc1. The largest absolute Gasteiger partial charge is 0.310 e. The third-order valence-corrected chi connectivity index (χ3v) is 15.9. The molecule has 0 N–H and O–H groups in total. The monoisotopic (exact) mass is 1030 g/mol. The molecule has 0 radical (unpaired) electrons. The van der Waals surface area contributed by atoms with Crippen LogP contribution < -0.4 is 4.90 Å². The molecule has 5 nitrogen and oxygen atoms in total. The van der Waals surface area contributed by atoms with Crippen LogP contribution in [0.5, 0.6) is 0 Å². The first-order valence-corrected chi connectivity index (χ1v) is 27.5. The van der Waals surface area contributed by atoms with Crippen molar-refractivity contribution in [2.24, 2.45) is 0 Å². The van der Waals surface area contributed by atoms with Gasteiger partial charge in [-0.2, -0.15) is 0 Å². The van der Waals surface area contributed by atoms with Crippen LogP contribution in [0.1, 0.15) is 0 Å². The first kappa shape index (κ1) is 47.3. The molecule has 4 heterocycles. The van der Waals surface area contributed by atoms with Crippen molar-refractivity contribution in [1.29, 1.82) is 0 Å². The van der Waals surface area contributed by atoms with E-state index in [9.17, 15) is 0 Å². The lowest BCUT2D eigenvalue weighted by Gasteiger charge is -2.28. The summed E-state index contributed by atoms with van der Waals surface area (Å²) in [6.07, 6.45) is 7.41. The number of benzene rings is 11. The van der Waals surface area contributed by atoms with Crippen LogP contribution in [0, 0.1) is 0 Å². The zero-order chi connectivity index (χ0) is 53.6. The quantitative estimate of drug-likeness (QED) is 0.130. The molecule has 11 aromatic carbocycles. The number of pyridine rings is 2. The Kier molecular flexibility index (Phi) is 11.8. The summed E-state index contributed by atoms with van der Waals surface area (Å²) in [5.41, 5.74) is 23.5. The van der Waals surface area contributed by atoms with E-state index in [0.29, 0.717) is 0 Å². The van der Waals surface area contributed by atoms with Crippen molar-refractivity contribution in [3.63, 3.8) is 0 Å². The van der Waals surface area contributed by atoms with Gasteiger partial charge in [0.2, 0.25) is 0 Å². The summed E-state index contributed by atoms with van der Waals surface area (Å²) < 4.78 is 4.96. The molecule has 0 amide bonds. The molecule has 0 fully saturated rings. The van der Waals surface area contributed by atoms with Crippen molar-refractivity contribution in [3.8, 4) is 78.1 Å². The summed E-state index contributed by atoms with van der Waals surface area (Å²) in [6, 6.07) is 104. The number of aromatic nitrogens is 4. The smallest absolute Gasteiger partial charge is 0.0541 e. The van der Waals surface area contributed by atoms with Gasteiger partial charge in [0.05, 0.1) is 39.1 Å². The fraction of sp³-hybridized carbons (Fsp3) is 0. The lowest BCUT2D eigenvalue weighted by molar-refractivity contribution is 1.12. The minimum Gasteiger partial charge on any atom is -0.310 e. The lowest BCUT2D eigenvalue weighted by Crippen LogP contribution is -2.12. The number of anilines is 3. The molecule has 0 aliphatic carbocycles. The second kappa shape index (κ2) is 20.2. The van der Waals surface area contributed by atoms with Crippen LogP contribution >= 0.6 is 0 Å². The first-order valence-electron chi connectivity index (χ1n) is 27.5. The van der Waals surface area contributed by atoms with Gasteiger partial charge in [0.15, 0.2) is 0 Å². The zero-order valence-electron chi connectivity index (χ0n) is 44.2. The Labute approximate surface area is 470 Å². The minimum absolute atomic E-state index is 1.00. The summed E-state index contributed by atoms with van der Waals surface area (Å²) >= 11 is 0. The lowest BCUT2D eigenvalue weighted by atomic mass is 10.0. The van der Waals surface area contributed by atoms with Crippen LogP contribution in [-0.2, 0) is 0 Å². The van der Waals surface area contributed by atoms with E-state index in [4.69, 9.17) is 0 Å². The van der Waals surface area contributed by atoms with Gasteiger partial charge < -0.3 is 14.0 Å². The predicted octanol–water partition coefficient (Wildman–Crippen LogP) is 20.1. The van der Waals surface area contributed by atoms with Gasteiger partial charge in [0, 0.05) is 57.7 Å². The van der Waals surface area contributed by atoms with Gasteiger partial charge in [-0.25, -0.2) is 0 Å². The average Bonchev–Trinajstić information content (AvgIpc) is 3.75. The maximum Gasteiger partial charge on any atom is 0.0541 e. The van der Waals surface area contributed by atoms with Crippen LogP contribution in [0.2, 0.25) is 0 Å². The third-order valence-electron chi connectivity index (χ3n) is 15.9. The van der Waals surface area contributed by atoms with Crippen molar-refractivity contribution in [2.75, 3.05) is 4.90 Å². The molecule has 81 heavy (non-hydrogen) atoms. The highest BCUT2D eigenvalue weighted by molar-refractivity contribution is 6.13. The Hall–Kier alpha value is -10.9. The molecule has 0 bridgehead atoms. The molecule has 0 saturated carbocycles. The van der Waals surface area contributed by atoms with E-state index in [1.165, 1.54) is 66.1 Å². The normalized spacial score (nSPS) is 11.5. The van der Waals surface area contributed by atoms with E-state index in [1.54, 1.807) is 0 Å². The molecule has 0 saturated heterocycles. The Morgan fingerprint density at radius 3 is 0.765 bits per heavy atom. The molecule has 0 unspecified atom stereocenters. The Bertz CT molecular complexity index is 4250. The second-order valence-electron chi connectivity index (χ2n) is 20.7. The fourth-order valence-corrected chi connectivity index (χ4v) is 12.0. The van der Waals surface area contributed by atoms with Gasteiger partial charge in [0.1, 0.15) is 0 Å². The molecular weight excluding hydrogens is 983 g/mol. The number of hydrogen-bond acceptors (Lipinski definition) is 3. The van der Waals surface area contributed by atoms with E-state index in [1.807, 2.05) is 24.8 Å². The highest BCUT2D eigenvalue weighted by Crippen LogP contribution is 2.44. The summed E-state index contributed by atoms with van der Waals surface area (Å²) in [7, 11) is 0. The Balaban J connectivity index is 1.02. The second-order valence-corrected chi connectivity index (χ2v) is 20.7. The van der Waals surface area contributed by atoms with Gasteiger partial charge in [0.25, 0.3) is 0 Å². The number of hydrogen-bond donors (Lipinski definition) is 0. The van der Waals surface area contributed by atoms with Crippen molar-refractivity contribution in [2.45, 2.75) is 0 Å². The van der Waals surface area contributed by atoms with Crippen molar-refractivity contribution in [3.05, 3.63) is 310 Å². The van der Waals surface area contributed by atoms with Crippen LogP contribution in [0.3, 0.4) is 0 Å². The molecule has 4 aromatic heterocycles. The summed E-state index contributed by atoms with van der Waals surface area (Å²) in [4.78, 5) is 11.0. The van der Waals surface area contributed by atoms with E-state index >= 15 is 0 Å². The molecule has 15 rings (SSSR count). The number of fused-ring (bicyclic) bond motifs is 6. The van der Waals surface area contributed by atoms with E-state index < -0.39 is 0 Å². The summed E-state index contributed by atoms with van der Waals surface area (Å²) in [5, 5.41) is 4.74. The number of nitrogens with zero attached hydrogens (tertiary/aromatic N) is 5. The number of rotatable bonds is 11. The Morgan fingerprint density at radius 1 is 0.210 bits per heavy atom.